The molecule has 1 unspecified atom stereocenters. The molecule has 6 nitrogen and oxygen atoms in total. The van der Waals surface area contributed by atoms with Crippen LogP contribution in [0.2, 0.25) is 0 Å². The fourth-order valence-corrected chi connectivity index (χ4v) is 3.45. The van der Waals surface area contributed by atoms with Crippen LogP contribution in [0.25, 0.3) is 0 Å². The van der Waals surface area contributed by atoms with E-state index in [1.807, 2.05) is 6.92 Å². The van der Waals surface area contributed by atoms with E-state index in [1.165, 1.54) is 11.8 Å². The number of anilines is 1. The van der Waals surface area contributed by atoms with Crippen molar-refractivity contribution in [2.75, 3.05) is 25.0 Å². The molecule has 1 N–H and O–H groups in total. The van der Waals surface area contributed by atoms with Crippen LogP contribution in [0, 0.1) is 0 Å². The van der Waals surface area contributed by atoms with Crippen molar-refractivity contribution in [1.29, 1.82) is 0 Å². The molecule has 2 amide bonds. The van der Waals surface area contributed by atoms with E-state index < -0.39 is 5.25 Å². The van der Waals surface area contributed by atoms with Gasteiger partial charge in [-0.2, -0.15) is 4.99 Å². The van der Waals surface area contributed by atoms with Gasteiger partial charge in [-0.25, -0.2) is 0 Å². The summed E-state index contributed by atoms with van der Waals surface area (Å²) in [6.07, 6.45) is 1.27. The van der Waals surface area contributed by atoms with Crippen molar-refractivity contribution in [3.63, 3.8) is 0 Å². The average Bonchev–Trinajstić information content (AvgIpc) is 2.80. The van der Waals surface area contributed by atoms with E-state index in [-0.39, 0.29) is 18.2 Å². The molecule has 0 spiro atoms. The quantitative estimate of drug-likeness (QED) is 0.894. The number of amides is 2. The summed E-state index contributed by atoms with van der Waals surface area (Å²) >= 11 is 1.40. The summed E-state index contributed by atoms with van der Waals surface area (Å²) < 4.78 is 5.36. The summed E-state index contributed by atoms with van der Waals surface area (Å²) in [6.45, 7) is 4.42. The maximum atomic E-state index is 12.1. The molecule has 7 heteroatoms. The predicted molar refractivity (Wildman–Crippen MR) is 90.9 cm³/mol. The summed E-state index contributed by atoms with van der Waals surface area (Å²) in [6, 6.07) is 7.18. The molecule has 0 radical (unpaired) electrons. The first-order valence-electron chi connectivity index (χ1n) is 7.72. The molecule has 1 saturated heterocycles. The minimum Gasteiger partial charge on any atom is -0.494 e. The number of thioether (sulfide) groups is 1. The second-order valence-electron chi connectivity index (χ2n) is 5.39. The Bertz CT molecular complexity index is 626. The highest BCUT2D eigenvalue weighted by atomic mass is 32.2. The summed E-state index contributed by atoms with van der Waals surface area (Å²) in [5.74, 6) is 0.374. The van der Waals surface area contributed by atoms with Gasteiger partial charge < -0.3 is 15.0 Å². The van der Waals surface area contributed by atoms with E-state index >= 15 is 0 Å². The van der Waals surface area contributed by atoms with E-state index in [0.29, 0.717) is 12.3 Å². The molecule has 1 fully saturated rings. The lowest BCUT2D eigenvalue weighted by molar-refractivity contribution is -0.121. The molecular weight excluding hydrogens is 314 g/mol. The number of hydrogen-bond donors (Lipinski definition) is 1. The number of amidine groups is 1. The van der Waals surface area contributed by atoms with Gasteiger partial charge in [-0.15, -0.1) is 0 Å². The molecule has 3 rings (SSSR count). The SMILES string of the molecule is CCOc1ccc(NC(=O)CC2SC(N3CCC3)=NC2=O)cc1. The van der Waals surface area contributed by atoms with Crippen molar-refractivity contribution < 1.29 is 14.3 Å². The maximum Gasteiger partial charge on any atom is 0.262 e. The van der Waals surface area contributed by atoms with Gasteiger partial charge in [0.25, 0.3) is 5.91 Å². The zero-order valence-corrected chi connectivity index (χ0v) is 13.8. The molecule has 2 heterocycles. The molecule has 1 aromatic rings. The van der Waals surface area contributed by atoms with Crippen molar-refractivity contribution in [1.82, 2.24) is 4.90 Å². The zero-order chi connectivity index (χ0) is 16.2. The highest BCUT2D eigenvalue weighted by Gasteiger charge is 2.34. The number of carbonyl (C=O) groups excluding carboxylic acids is 2. The molecule has 0 bridgehead atoms. The maximum absolute atomic E-state index is 12.1. The van der Waals surface area contributed by atoms with Crippen LogP contribution < -0.4 is 10.1 Å². The van der Waals surface area contributed by atoms with Gasteiger partial charge in [-0.3, -0.25) is 9.59 Å². The minimum absolute atomic E-state index is 0.136. The van der Waals surface area contributed by atoms with Crippen LogP contribution in [0.3, 0.4) is 0 Å². The second-order valence-corrected chi connectivity index (χ2v) is 6.56. The van der Waals surface area contributed by atoms with Crippen LogP contribution in [0.1, 0.15) is 19.8 Å². The number of nitrogens with one attached hydrogen (secondary N) is 1. The number of nitrogens with zero attached hydrogens (tertiary/aromatic N) is 2. The van der Waals surface area contributed by atoms with Gasteiger partial charge in [0.1, 0.15) is 11.0 Å². The smallest absolute Gasteiger partial charge is 0.262 e. The molecule has 0 aromatic heterocycles. The number of likely N-dealkylation sites (tertiary alicyclic amines) is 1. The van der Waals surface area contributed by atoms with Crippen LogP contribution in [0.15, 0.2) is 29.3 Å². The third-order valence-corrected chi connectivity index (χ3v) is 4.89. The number of benzene rings is 1. The molecule has 0 aliphatic carbocycles. The van der Waals surface area contributed by atoms with E-state index in [4.69, 9.17) is 4.74 Å². The summed E-state index contributed by atoms with van der Waals surface area (Å²) in [7, 11) is 0. The molecule has 2 aliphatic rings. The number of rotatable bonds is 5. The lowest BCUT2D eigenvalue weighted by atomic mass is 10.2. The van der Waals surface area contributed by atoms with E-state index in [1.54, 1.807) is 24.3 Å². The number of carbonyl (C=O) groups is 2. The lowest BCUT2D eigenvalue weighted by Gasteiger charge is -2.31. The van der Waals surface area contributed by atoms with E-state index in [9.17, 15) is 9.59 Å². The van der Waals surface area contributed by atoms with Crippen LogP contribution in [0.5, 0.6) is 5.75 Å². The Labute approximate surface area is 139 Å². The van der Waals surface area contributed by atoms with Crippen LogP contribution in [-0.2, 0) is 9.59 Å². The van der Waals surface area contributed by atoms with E-state index in [0.717, 1.165) is 30.4 Å². The second kappa shape index (κ2) is 7.04. The summed E-state index contributed by atoms with van der Waals surface area (Å²) in [4.78, 5) is 30.1. The Morgan fingerprint density at radius 2 is 2.13 bits per heavy atom. The summed E-state index contributed by atoms with van der Waals surface area (Å²) in [5.41, 5.74) is 0.692. The van der Waals surface area contributed by atoms with Crippen LogP contribution in [0.4, 0.5) is 5.69 Å². The van der Waals surface area contributed by atoms with Crippen LogP contribution in [-0.4, -0.2) is 46.8 Å². The van der Waals surface area contributed by atoms with Crippen molar-refractivity contribution in [3.05, 3.63) is 24.3 Å². The first-order chi connectivity index (χ1) is 11.2. The highest BCUT2D eigenvalue weighted by molar-refractivity contribution is 8.15. The molecule has 2 aliphatic heterocycles. The highest BCUT2D eigenvalue weighted by Crippen LogP contribution is 2.29. The van der Waals surface area contributed by atoms with Crippen molar-refractivity contribution in [2.45, 2.75) is 25.0 Å². The normalized spacial score (nSPS) is 20.0. The van der Waals surface area contributed by atoms with Gasteiger partial charge in [0.15, 0.2) is 5.17 Å². The largest absolute Gasteiger partial charge is 0.494 e. The molecule has 1 atom stereocenters. The average molecular weight is 333 g/mol. The lowest BCUT2D eigenvalue weighted by Crippen LogP contribution is -2.40. The number of hydrogen-bond acceptors (Lipinski definition) is 5. The Balaban J connectivity index is 1.50. The Kier molecular flexibility index (Phi) is 4.85. The fourth-order valence-electron chi connectivity index (χ4n) is 2.33. The molecule has 23 heavy (non-hydrogen) atoms. The first kappa shape index (κ1) is 15.9. The fraction of sp³-hybridized carbons (Fsp3) is 0.438. The van der Waals surface area contributed by atoms with Crippen molar-refractivity contribution >= 4 is 34.4 Å². The van der Waals surface area contributed by atoms with Crippen molar-refractivity contribution in [2.24, 2.45) is 4.99 Å². The minimum atomic E-state index is -0.409. The monoisotopic (exact) mass is 333 g/mol. The van der Waals surface area contributed by atoms with E-state index in [2.05, 4.69) is 15.2 Å². The first-order valence-corrected chi connectivity index (χ1v) is 8.60. The Hall–Kier alpha value is -2.02. The Morgan fingerprint density at radius 3 is 2.74 bits per heavy atom. The number of ether oxygens (including phenoxy) is 1. The molecular formula is C16H19N3O3S. The third-order valence-electron chi connectivity index (χ3n) is 3.68. The zero-order valence-electron chi connectivity index (χ0n) is 12.9. The predicted octanol–water partition coefficient (Wildman–Crippen LogP) is 2.12. The van der Waals surface area contributed by atoms with Crippen molar-refractivity contribution in [3.8, 4) is 5.75 Å². The van der Waals surface area contributed by atoms with Gasteiger partial charge in [0, 0.05) is 25.2 Å². The van der Waals surface area contributed by atoms with Gasteiger partial charge in [0.2, 0.25) is 5.91 Å². The molecule has 1 aromatic carbocycles. The van der Waals surface area contributed by atoms with Gasteiger partial charge in [-0.05, 0) is 37.6 Å². The Morgan fingerprint density at radius 1 is 1.39 bits per heavy atom. The third kappa shape index (κ3) is 3.85. The van der Waals surface area contributed by atoms with Crippen LogP contribution >= 0.6 is 11.8 Å². The van der Waals surface area contributed by atoms with Gasteiger partial charge >= 0.3 is 0 Å². The number of aliphatic imine (C=N–C) groups is 1. The molecule has 0 saturated carbocycles. The standard InChI is InChI=1S/C16H19N3O3S/c1-2-22-12-6-4-11(5-7-12)17-14(20)10-13-15(21)18-16(23-13)19-8-3-9-19/h4-7,13H,2-3,8-10H2,1H3,(H,17,20). The van der Waals surface area contributed by atoms with Gasteiger partial charge in [0.05, 0.1) is 6.61 Å². The van der Waals surface area contributed by atoms with Gasteiger partial charge in [-0.1, -0.05) is 11.8 Å². The summed E-state index contributed by atoms with van der Waals surface area (Å²) in [5, 5.41) is 3.16. The topological polar surface area (TPSA) is 71.0 Å². The molecule has 122 valence electrons.